The van der Waals surface area contributed by atoms with Crippen LogP contribution < -0.4 is 5.32 Å². The molecular weight excluding hydrogens is 231 g/mol. The van der Waals surface area contributed by atoms with Gasteiger partial charge in [0.15, 0.2) is 0 Å². The zero-order valence-electron chi connectivity index (χ0n) is 9.47. The molecular formula is C12H14F3NO. The molecule has 1 rings (SSSR count). The highest BCUT2D eigenvalue weighted by Crippen LogP contribution is 2.13. The summed E-state index contributed by atoms with van der Waals surface area (Å²) in [5.41, 5.74) is 1.31. The van der Waals surface area contributed by atoms with Crippen LogP contribution in [0.25, 0.3) is 0 Å². The van der Waals surface area contributed by atoms with E-state index < -0.39 is 18.6 Å². The Kier molecular flexibility index (Phi) is 4.54. The number of hydrogen-bond donors (Lipinski definition) is 1. The van der Waals surface area contributed by atoms with E-state index in [1.807, 2.05) is 12.2 Å². The Hall–Kier alpha value is -1.52. The van der Waals surface area contributed by atoms with Crippen LogP contribution in [0.4, 0.5) is 13.2 Å². The van der Waals surface area contributed by atoms with Gasteiger partial charge < -0.3 is 5.32 Å². The number of carbonyl (C=O) groups is 1. The van der Waals surface area contributed by atoms with Crippen molar-refractivity contribution in [1.82, 2.24) is 5.32 Å². The molecule has 1 N–H and O–H groups in total. The first-order valence-electron chi connectivity index (χ1n) is 5.36. The number of alkyl halides is 3. The van der Waals surface area contributed by atoms with E-state index in [1.165, 1.54) is 12.1 Å². The summed E-state index contributed by atoms with van der Waals surface area (Å²) in [4.78, 5) is 11.3. The average Bonchev–Trinajstić information content (AvgIpc) is 2.26. The SMILES string of the molecule is CCCc1ccc(C(=O)NCC(F)(F)F)cc1. The van der Waals surface area contributed by atoms with E-state index in [0.717, 1.165) is 18.4 Å². The summed E-state index contributed by atoms with van der Waals surface area (Å²) in [6.45, 7) is 0.729. The summed E-state index contributed by atoms with van der Waals surface area (Å²) in [7, 11) is 0. The number of carbonyl (C=O) groups excluding carboxylic acids is 1. The third-order valence-electron chi connectivity index (χ3n) is 2.20. The predicted octanol–water partition coefficient (Wildman–Crippen LogP) is 2.93. The van der Waals surface area contributed by atoms with Gasteiger partial charge in [-0.25, -0.2) is 0 Å². The van der Waals surface area contributed by atoms with Crippen LogP contribution in [-0.2, 0) is 6.42 Å². The molecule has 17 heavy (non-hydrogen) atoms. The van der Waals surface area contributed by atoms with Gasteiger partial charge in [-0.1, -0.05) is 25.5 Å². The second-order valence-electron chi connectivity index (χ2n) is 3.74. The van der Waals surface area contributed by atoms with Crippen LogP contribution in [-0.4, -0.2) is 18.6 Å². The molecule has 0 saturated carbocycles. The number of rotatable bonds is 4. The fraction of sp³-hybridized carbons (Fsp3) is 0.417. The van der Waals surface area contributed by atoms with Crippen LogP contribution in [0, 0.1) is 0 Å². The molecule has 0 aromatic heterocycles. The fourth-order valence-corrected chi connectivity index (χ4v) is 1.39. The van der Waals surface area contributed by atoms with E-state index >= 15 is 0 Å². The first kappa shape index (κ1) is 13.5. The summed E-state index contributed by atoms with van der Waals surface area (Å²) < 4.78 is 35.6. The Morgan fingerprint density at radius 1 is 1.24 bits per heavy atom. The third kappa shape index (κ3) is 4.89. The number of amides is 1. The zero-order chi connectivity index (χ0) is 12.9. The molecule has 0 unspecified atom stereocenters. The molecule has 0 heterocycles. The topological polar surface area (TPSA) is 29.1 Å². The first-order chi connectivity index (χ1) is 7.92. The Balaban J connectivity index is 2.57. The Morgan fingerprint density at radius 2 is 1.82 bits per heavy atom. The highest BCUT2D eigenvalue weighted by molar-refractivity contribution is 5.94. The number of hydrogen-bond acceptors (Lipinski definition) is 1. The van der Waals surface area contributed by atoms with E-state index in [9.17, 15) is 18.0 Å². The van der Waals surface area contributed by atoms with Gasteiger partial charge in [0.1, 0.15) is 6.54 Å². The smallest absolute Gasteiger partial charge is 0.343 e. The standard InChI is InChI=1S/C12H14F3NO/c1-2-3-9-4-6-10(7-5-9)11(17)16-8-12(13,14)15/h4-7H,2-3,8H2,1H3,(H,16,17). The van der Waals surface area contributed by atoms with E-state index in [2.05, 4.69) is 0 Å². The second kappa shape index (κ2) is 5.70. The monoisotopic (exact) mass is 245 g/mol. The molecule has 1 amide bonds. The van der Waals surface area contributed by atoms with Gasteiger partial charge in [0.05, 0.1) is 0 Å². The maximum atomic E-state index is 11.9. The number of halogens is 3. The first-order valence-corrected chi connectivity index (χ1v) is 5.36. The molecule has 0 spiro atoms. The molecule has 0 aliphatic rings. The molecule has 5 heteroatoms. The van der Waals surface area contributed by atoms with Crippen LogP contribution in [0.5, 0.6) is 0 Å². The van der Waals surface area contributed by atoms with Gasteiger partial charge >= 0.3 is 6.18 Å². The maximum absolute atomic E-state index is 11.9. The van der Waals surface area contributed by atoms with Crippen molar-refractivity contribution >= 4 is 5.91 Å². The zero-order valence-corrected chi connectivity index (χ0v) is 9.47. The van der Waals surface area contributed by atoms with E-state index in [1.54, 1.807) is 12.1 Å². The predicted molar refractivity (Wildman–Crippen MR) is 58.8 cm³/mol. The minimum absolute atomic E-state index is 0.245. The normalized spacial score (nSPS) is 11.3. The minimum Gasteiger partial charge on any atom is -0.343 e. The number of aryl methyl sites for hydroxylation is 1. The lowest BCUT2D eigenvalue weighted by Crippen LogP contribution is -2.33. The molecule has 0 atom stereocenters. The number of benzene rings is 1. The van der Waals surface area contributed by atoms with Gasteiger partial charge in [0.2, 0.25) is 0 Å². The van der Waals surface area contributed by atoms with Gasteiger partial charge in [0.25, 0.3) is 5.91 Å². The van der Waals surface area contributed by atoms with Gasteiger partial charge in [0, 0.05) is 5.56 Å². The second-order valence-corrected chi connectivity index (χ2v) is 3.74. The van der Waals surface area contributed by atoms with Crippen molar-refractivity contribution in [2.75, 3.05) is 6.54 Å². The molecule has 1 aromatic rings. The fourth-order valence-electron chi connectivity index (χ4n) is 1.39. The average molecular weight is 245 g/mol. The van der Waals surface area contributed by atoms with Crippen molar-refractivity contribution < 1.29 is 18.0 Å². The van der Waals surface area contributed by atoms with E-state index in [-0.39, 0.29) is 5.56 Å². The molecule has 0 saturated heterocycles. The van der Waals surface area contributed by atoms with Crippen molar-refractivity contribution in [3.05, 3.63) is 35.4 Å². The highest BCUT2D eigenvalue weighted by Gasteiger charge is 2.27. The lowest BCUT2D eigenvalue weighted by atomic mass is 10.1. The summed E-state index contributed by atoms with van der Waals surface area (Å²) >= 11 is 0. The summed E-state index contributed by atoms with van der Waals surface area (Å²) in [5, 5.41) is 1.83. The quantitative estimate of drug-likeness (QED) is 0.868. The van der Waals surface area contributed by atoms with E-state index in [4.69, 9.17) is 0 Å². The molecule has 1 aromatic carbocycles. The molecule has 0 bridgehead atoms. The maximum Gasteiger partial charge on any atom is 0.405 e. The summed E-state index contributed by atoms with van der Waals surface area (Å²) in [5.74, 6) is -0.703. The lowest BCUT2D eigenvalue weighted by molar-refractivity contribution is -0.123. The van der Waals surface area contributed by atoms with Crippen molar-refractivity contribution in [3.8, 4) is 0 Å². The molecule has 0 aliphatic heterocycles. The van der Waals surface area contributed by atoms with E-state index in [0.29, 0.717) is 0 Å². The largest absolute Gasteiger partial charge is 0.405 e. The lowest BCUT2D eigenvalue weighted by Gasteiger charge is -2.08. The highest BCUT2D eigenvalue weighted by atomic mass is 19.4. The van der Waals surface area contributed by atoms with Gasteiger partial charge in [-0.3, -0.25) is 4.79 Å². The Labute approximate surface area is 97.8 Å². The molecule has 0 radical (unpaired) electrons. The molecule has 0 fully saturated rings. The summed E-state index contributed by atoms with van der Waals surface area (Å²) in [6, 6.07) is 6.59. The van der Waals surface area contributed by atoms with Crippen molar-refractivity contribution in [3.63, 3.8) is 0 Å². The van der Waals surface area contributed by atoms with Crippen LogP contribution in [0.15, 0.2) is 24.3 Å². The van der Waals surface area contributed by atoms with Crippen molar-refractivity contribution in [2.45, 2.75) is 25.9 Å². The Bertz CT molecular complexity index is 370. The van der Waals surface area contributed by atoms with Crippen LogP contribution in [0.2, 0.25) is 0 Å². The van der Waals surface area contributed by atoms with Crippen LogP contribution >= 0.6 is 0 Å². The van der Waals surface area contributed by atoms with Crippen molar-refractivity contribution in [2.24, 2.45) is 0 Å². The van der Waals surface area contributed by atoms with Gasteiger partial charge in [-0.15, -0.1) is 0 Å². The summed E-state index contributed by atoms with van der Waals surface area (Å²) in [6.07, 6.45) is -2.50. The molecule has 94 valence electrons. The van der Waals surface area contributed by atoms with Crippen molar-refractivity contribution in [1.29, 1.82) is 0 Å². The van der Waals surface area contributed by atoms with Gasteiger partial charge in [-0.05, 0) is 24.1 Å². The number of nitrogens with one attached hydrogen (secondary N) is 1. The molecule has 0 aliphatic carbocycles. The van der Waals surface area contributed by atoms with Gasteiger partial charge in [-0.2, -0.15) is 13.2 Å². The van der Waals surface area contributed by atoms with Crippen LogP contribution in [0.1, 0.15) is 29.3 Å². The molecule has 2 nitrogen and oxygen atoms in total. The third-order valence-corrected chi connectivity index (χ3v) is 2.20. The Morgan fingerprint density at radius 3 is 2.29 bits per heavy atom. The minimum atomic E-state index is -4.38. The van der Waals surface area contributed by atoms with Crippen LogP contribution in [0.3, 0.4) is 0 Å².